The van der Waals surface area contributed by atoms with Crippen molar-refractivity contribution in [3.05, 3.63) is 54.0 Å². The molecule has 1 atom stereocenters. The van der Waals surface area contributed by atoms with Gasteiger partial charge in [0.2, 0.25) is 0 Å². The van der Waals surface area contributed by atoms with Gasteiger partial charge in [-0.2, -0.15) is 0 Å². The van der Waals surface area contributed by atoms with Gasteiger partial charge in [-0.3, -0.25) is 4.79 Å². The summed E-state index contributed by atoms with van der Waals surface area (Å²) in [5.41, 5.74) is 6.94. The highest BCUT2D eigenvalue weighted by molar-refractivity contribution is 7.98. The van der Waals surface area contributed by atoms with Crippen molar-refractivity contribution >= 4 is 30.1 Å². The lowest BCUT2D eigenvalue weighted by atomic mass is 9.91. The number of halogens is 1. The molecule has 1 saturated heterocycles. The molecule has 4 nitrogen and oxygen atoms in total. The van der Waals surface area contributed by atoms with Crippen molar-refractivity contribution in [2.24, 2.45) is 11.7 Å². The van der Waals surface area contributed by atoms with Crippen LogP contribution in [0.3, 0.4) is 0 Å². The van der Waals surface area contributed by atoms with Gasteiger partial charge in [-0.25, -0.2) is 0 Å². The van der Waals surface area contributed by atoms with Gasteiger partial charge < -0.3 is 15.1 Å². The number of thioether (sulfide) groups is 1. The van der Waals surface area contributed by atoms with E-state index in [-0.39, 0.29) is 24.4 Å². The molecule has 1 aromatic carbocycles. The molecule has 136 valence electrons. The van der Waals surface area contributed by atoms with Gasteiger partial charge in [-0.05, 0) is 43.9 Å². The van der Waals surface area contributed by atoms with E-state index in [1.54, 1.807) is 18.0 Å². The predicted octanol–water partition coefficient (Wildman–Crippen LogP) is 4.19. The normalized spacial score (nSPS) is 16.3. The molecule has 0 spiro atoms. The van der Waals surface area contributed by atoms with Crippen LogP contribution in [-0.4, -0.2) is 29.9 Å². The minimum Gasteiger partial charge on any atom is -0.459 e. The summed E-state index contributed by atoms with van der Waals surface area (Å²) in [7, 11) is 0. The van der Waals surface area contributed by atoms with E-state index in [1.165, 1.54) is 4.90 Å². The molecule has 25 heavy (non-hydrogen) atoms. The van der Waals surface area contributed by atoms with Crippen molar-refractivity contribution in [2.45, 2.75) is 36.5 Å². The first-order valence-electron chi connectivity index (χ1n) is 8.44. The third-order valence-electron chi connectivity index (χ3n) is 4.65. The molecule has 1 unspecified atom stereocenters. The monoisotopic (exact) mass is 380 g/mol. The molecule has 6 heteroatoms. The Hall–Kier alpha value is -1.43. The predicted molar refractivity (Wildman–Crippen MR) is 104 cm³/mol. The molecule has 0 bridgehead atoms. The van der Waals surface area contributed by atoms with Crippen LogP contribution in [0.5, 0.6) is 0 Å². The zero-order valence-corrected chi connectivity index (χ0v) is 16.0. The Labute approximate surface area is 159 Å². The van der Waals surface area contributed by atoms with Crippen LogP contribution in [0, 0.1) is 5.92 Å². The van der Waals surface area contributed by atoms with Crippen molar-refractivity contribution in [2.75, 3.05) is 13.1 Å². The maximum atomic E-state index is 12.8. The molecule has 1 aliphatic rings. The highest BCUT2D eigenvalue weighted by Crippen LogP contribution is 2.27. The largest absolute Gasteiger partial charge is 0.459 e. The molecule has 3 rings (SSSR count). The number of furan rings is 1. The summed E-state index contributed by atoms with van der Waals surface area (Å²) in [6.07, 6.45) is 3.55. The molecule has 1 aliphatic heterocycles. The number of piperidine rings is 1. The van der Waals surface area contributed by atoms with Gasteiger partial charge >= 0.3 is 0 Å². The number of rotatable bonds is 5. The van der Waals surface area contributed by atoms with E-state index < -0.39 is 0 Å². The van der Waals surface area contributed by atoms with Gasteiger partial charge in [0.15, 0.2) is 5.76 Å². The van der Waals surface area contributed by atoms with Crippen molar-refractivity contribution in [1.29, 1.82) is 0 Å². The second kappa shape index (κ2) is 9.32. The summed E-state index contributed by atoms with van der Waals surface area (Å²) in [4.78, 5) is 15.8. The van der Waals surface area contributed by atoms with E-state index in [0.29, 0.717) is 11.7 Å². The average molecular weight is 381 g/mol. The smallest absolute Gasteiger partial charge is 0.289 e. The number of nitrogens with zero attached hydrogens (tertiary/aromatic N) is 1. The SMILES string of the molecule is CC(N)C1CCN(C(=O)c2occc2CSc2ccccc2)CC1.Cl. The number of carbonyl (C=O) groups is 1. The fourth-order valence-corrected chi connectivity index (χ4v) is 3.99. The topological polar surface area (TPSA) is 59.5 Å². The van der Waals surface area contributed by atoms with Gasteiger partial charge in [0.05, 0.1) is 6.26 Å². The number of hydrogen-bond acceptors (Lipinski definition) is 4. The van der Waals surface area contributed by atoms with Gasteiger partial charge in [0.1, 0.15) is 0 Å². The molecule has 2 heterocycles. The quantitative estimate of drug-likeness (QED) is 0.790. The maximum Gasteiger partial charge on any atom is 0.289 e. The van der Waals surface area contributed by atoms with Crippen molar-refractivity contribution in [3.63, 3.8) is 0 Å². The van der Waals surface area contributed by atoms with Crippen LogP contribution in [0.2, 0.25) is 0 Å². The van der Waals surface area contributed by atoms with Crippen LogP contribution in [0.25, 0.3) is 0 Å². The maximum absolute atomic E-state index is 12.8. The van der Waals surface area contributed by atoms with Crippen molar-refractivity contribution in [1.82, 2.24) is 4.90 Å². The summed E-state index contributed by atoms with van der Waals surface area (Å²) >= 11 is 1.71. The zero-order chi connectivity index (χ0) is 16.9. The number of nitrogens with two attached hydrogens (primary N) is 1. The lowest BCUT2D eigenvalue weighted by Crippen LogP contribution is -2.42. The first kappa shape index (κ1) is 19.9. The van der Waals surface area contributed by atoms with E-state index in [9.17, 15) is 4.79 Å². The minimum atomic E-state index is 0. The van der Waals surface area contributed by atoms with Crippen molar-refractivity contribution < 1.29 is 9.21 Å². The Morgan fingerprint density at radius 1 is 1.28 bits per heavy atom. The van der Waals surface area contributed by atoms with E-state index >= 15 is 0 Å². The van der Waals surface area contributed by atoms with Crippen LogP contribution in [0.15, 0.2) is 52.0 Å². The summed E-state index contributed by atoms with van der Waals surface area (Å²) in [5, 5.41) is 0. The molecule has 2 aromatic rings. The van der Waals surface area contributed by atoms with E-state index in [0.717, 1.165) is 37.2 Å². The molecule has 0 saturated carbocycles. The summed E-state index contributed by atoms with van der Waals surface area (Å²) in [6.45, 7) is 3.57. The molecule has 1 aromatic heterocycles. The average Bonchev–Trinajstić information content (AvgIpc) is 3.09. The first-order chi connectivity index (χ1) is 11.6. The molecule has 2 N–H and O–H groups in total. The Morgan fingerprint density at radius 3 is 2.60 bits per heavy atom. The number of hydrogen-bond donors (Lipinski definition) is 1. The first-order valence-corrected chi connectivity index (χ1v) is 9.43. The van der Waals surface area contributed by atoms with Gasteiger partial charge in [-0.1, -0.05) is 18.2 Å². The number of carbonyl (C=O) groups excluding carboxylic acids is 1. The highest BCUT2D eigenvalue weighted by atomic mass is 35.5. The van der Waals surface area contributed by atoms with E-state index in [1.807, 2.05) is 36.1 Å². The number of benzene rings is 1. The van der Waals surface area contributed by atoms with Crippen LogP contribution in [-0.2, 0) is 5.75 Å². The molecule has 0 aliphatic carbocycles. The van der Waals surface area contributed by atoms with E-state index in [2.05, 4.69) is 12.1 Å². The summed E-state index contributed by atoms with van der Waals surface area (Å²) in [6, 6.07) is 12.3. The lowest BCUT2D eigenvalue weighted by molar-refractivity contribution is 0.0648. The number of likely N-dealkylation sites (tertiary alicyclic amines) is 1. The van der Waals surface area contributed by atoms with Crippen LogP contribution in [0.4, 0.5) is 0 Å². The Morgan fingerprint density at radius 2 is 1.96 bits per heavy atom. The molecule has 1 amide bonds. The van der Waals surface area contributed by atoms with E-state index in [4.69, 9.17) is 10.2 Å². The fraction of sp³-hybridized carbons (Fsp3) is 0.421. The zero-order valence-electron chi connectivity index (χ0n) is 14.4. The second-order valence-corrected chi connectivity index (χ2v) is 7.41. The number of amides is 1. The fourth-order valence-electron chi connectivity index (χ4n) is 3.09. The standard InChI is InChI=1S/C19H24N2O2S.ClH/c1-14(20)15-7-10-21(11-8-15)19(22)18-16(9-12-23-18)13-24-17-5-3-2-4-6-17;/h2-6,9,12,14-15H,7-8,10-11,13,20H2,1H3;1H. The van der Waals surface area contributed by atoms with Gasteiger partial charge in [-0.15, -0.1) is 24.2 Å². The second-order valence-electron chi connectivity index (χ2n) is 6.37. The molecular formula is C19H25ClN2O2S. The van der Waals surface area contributed by atoms with Gasteiger partial charge in [0.25, 0.3) is 5.91 Å². The summed E-state index contributed by atoms with van der Waals surface area (Å²) in [5.74, 6) is 1.74. The molecular weight excluding hydrogens is 356 g/mol. The Kier molecular flexibility index (Phi) is 7.41. The van der Waals surface area contributed by atoms with Crippen molar-refractivity contribution in [3.8, 4) is 0 Å². The van der Waals surface area contributed by atoms with Crippen LogP contribution < -0.4 is 5.73 Å². The molecule has 1 fully saturated rings. The Bertz CT molecular complexity index is 667. The third-order valence-corrected chi connectivity index (χ3v) is 5.71. The third kappa shape index (κ3) is 5.03. The van der Waals surface area contributed by atoms with Crippen LogP contribution >= 0.6 is 24.2 Å². The molecule has 0 radical (unpaired) electrons. The lowest BCUT2D eigenvalue weighted by Gasteiger charge is -2.33. The Balaban J connectivity index is 0.00000225. The summed E-state index contributed by atoms with van der Waals surface area (Å²) < 4.78 is 5.51. The van der Waals surface area contributed by atoms with Crippen LogP contribution in [0.1, 0.15) is 35.9 Å². The highest BCUT2D eigenvalue weighted by Gasteiger charge is 2.28. The van der Waals surface area contributed by atoms with Gasteiger partial charge in [0, 0.05) is 35.3 Å². The minimum absolute atomic E-state index is 0.